The van der Waals surface area contributed by atoms with E-state index in [-0.39, 0.29) is 0 Å². The molecule has 1 aliphatic heterocycles. The summed E-state index contributed by atoms with van der Waals surface area (Å²) in [6.45, 7) is 1.85. The molecule has 0 spiro atoms. The Balaban J connectivity index is 2.28. The lowest BCUT2D eigenvalue weighted by Crippen LogP contribution is -2.39. The van der Waals surface area contributed by atoms with Crippen LogP contribution in [0, 0.1) is 0 Å². The van der Waals surface area contributed by atoms with Gasteiger partial charge in [-0.05, 0) is 36.1 Å². The highest BCUT2D eigenvalue weighted by Crippen LogP contribution is 2.42. The molecule has 1 aromatic rings. The fourth-order valence-corrected chi connectivity index (χ4v) is 3.79. The van der Waals surface area contributed by atoms with Gasteiger partial charge in [-0.2, -0.15) is 0 Å². The maximum absolute atomic E-state index is 11.2. The van der Waals surface area contributed by atoms with Crippen LogP contribution in [0.5, 0.6) is 0 Å². The van der Waals surface area contributed by atoms with E-state index in [1.165, 1.54) is 0 Å². The third-order valence-electron chi connectivity index (χ3n) is 3.42. The third-order valence-corrected chi connectivity index (χ3v) is 6.00. The Morgan fingerprint density at radius 1 is 1.33 bits per heavy atom. The predicted molar refractivity (Wildman–Crippen MR) is 80.2 cm³/mol. The average Bonchev–Trinajstić information content (AvgIpc) is 2.28. The number of benzene rings is 1. The minimum atomic E-state index is -0.887. The number of hydrogen-bond acceptors (Lipinski definition) is 2. The van der Waals surface area contributed by atoms with Crippen LogP contribution in [0.4, 0.5) is 5.69 Å². The number of carbonyl (C=O) groups is 1. The van der Waals surface area contributed by atoms with Crippen LogP contribution in [0.15, 0.2) is 18.2 Å². The first kappa shape index (κ1) is 13.3. The molecule has 1 aliphatic rings. The fourth-order valence-electron chi connectivity index (χ4n) is 2.16. The quantitative estimate of drug-likeness (QED) is 0.811. The summed E-state index contributed by atoms with van der Waals surface area (Å²) >= 11 is 0. The lowest BCUT2D eigenvalue weighted by molar-refractivity contribution is 0.0697. The van der Waals surface area contributed by atoms with Crippen LogP contribution >= 0.6 is 10.0 Å². The highest BCUT2D eigenvalue weighted by molar-refractivity contribution is 8.32. The maximum atomic E-state index is 11.2. The average molecular weight is 263 g/mol. The normalized spacial score (nSPS) is 20.4. The fraction of sp³-hybridized carbons (Fsp3) is 0.462. The topological polar surface area (TPSA) is 40.5 Å². The van der Waals surface area contributed by atoms with Crippen LogP contribution in [0.1, 0.15) is 10.4 Å². The molecule has 18 heavy (non-hydrogen) atoms. The second kappa shape index (κ2) is 4.88. The molecule has 0 aliphatic carbocycles. The predicted octanol–water partition coefficient (Wildman–Crippen LogP) is 1.06. The van der Waals surface area contributed by atoms with Crippen molar-refractivity contribution in [2.75, 3.05) is 42.0 Å². The van der Waals surface area contributed by atoms with Crippen molar-refractivity contribution in [3.63, 3.8) is 0 Å². The van der Waals surface area contributed by atoms with Gasteiger partial charge < -0.3 is 10.0 Å². The van der Waals surface area contributed by atoms with Crippen LogP contribution in [-0.2, 0) is 0 Å². The third kappa shape index (κ3) is 2.83. The van der Waals surface area contributed by atoms with Crippen molar-refractivity contribution < 1.29 is 9.90 Å². The van der Waals surface area contributed by atoms with Gasteiger partial charge in [0.05, 0.1) is 11.3 Å². The molecule has 0 amide bonds. The first-order valence-corrected chi connectivity index (χ1v) is 8.74. The molecule has 2 radical (unpaired) electrons. The number of hydrogen-bond donors (Lipinski definition) is 1. The van der Waals surface area contributed by atoms with Crippen molar-refractivity contribution in [2.45, 2.75) is 0 Å². The Kier molecular flexibility index (Phi) is 3.62. The molecule has 0 unspecified atom stereocenters. The van der Waals surface area contributed by atoms with E-state index in [1.54, 1.807) is 18.2 Å². The van der Waals surface area contributed by atoms with Gasteiger partial charge in [0.25, 0.3) is 0 Å². The Morgan fingerprint density at radius 3 is 2.50 bits per heavy atom. The zero-order chi connectivity index (χ0) is 13.3. The van der Waals surface area contributed by atoms with Crippen LogP contribution in [-0.4, -0.2) is 56.0 Å². The van der Waals surface area contributed by atoms with Gasteiger partial charge in [-0.25, -0.2) is 14.8 Å². The van der Waals surface area contributed by atoms with Crippen molar-refractivity contribution in [3.05, 3.63) is 23.8 Å². The van der Waals surface area contributed by atoms with Crippen LogP contribution in [0.25, 0.3) is 0 Å². The van der Waals surface area contributed by atoms with Crippen molar-refractivity contribution in [1.29, 1.82) is 0 Å². The molecule has 3 nitrogen and oxygen atoms in total. The molecule has 0 saturated carbocycles. The Hall–Kier alpha value is -1.10. The minimum Gasteiger partial charge on any atom is -0.478 e. The second-order valence-electron chi connectivity index (χ2n) is 5.24. The number of carboxylic acids is 1. The summed E-state index contributed by atoms with van der Waals surface area (Å²) in [5.74, 6) is 1.42. The molecule has 1 saturated heterocycles. The molecule has 96 valence electrons. The van der Waals surface area contributed by atoms with Crippen LogP contribution in [0.2, 0.25) is 0 Å². The summed E-state index contributed by atoms with van der Waals surface area (Å²) in [7, 11) is 5.29. The molecular formula is C13H18BNO2S. The van der Waals surface area contributed by atoms with Gasteiger partial charge >= 0.3 is 5.97 Å². The van der Waals surface area contributed by atoms with Gasteiger partial charge in [-0.15, -0.1) is 0 Å². The smallest absolute Gasteiger partial charge is 0.337 e. The molecule has 0 aromatic heterocycles. The molecule has 0 atom stereocenters. The number of aromatic carboxylic acids is 1. The Bertz CT molecular complexity index is 466. The number of nitrogens with zero attached hydrogens (tertiary/aromatic N) is 1. The first-order valence-electron chi connectivity index (χ1n) is 5.95. The van der Waals surface area contributed by atoms with Gasteiger partial charge in [0.15, 0.2) is 0 Å². The van der Waals surface area contributed by atoms with E-state index in [0.717, 1.165) is 30.3 Å². The summed E-state index contributed by atoms with van der Waals surface area (Å²) in [5, 5.41) is 9.23. The number of rotatable bonds is 2. The summed E-state index contributed by atoms with van der Waals surface area (Å²) in [4.78, 5) is 13.4. The minimum absolute atomic E-state index is 0.346. The Morgan fingerprint density at radius 2 is 1.94 bits per heavy atom. The first-order chi connectivity index (χ1) is 8.39. The molecule has 1 N–H and O–H groups in total. The van der Waals surface area contributed by atoms with Crippen molar-refractivity contribution in [2.24, 2.45) is 0 Å². The standard InChI is InChI=1S/C13H18BNO2S/c1-18(2)7-5-15(6-8-18)12-9-10(14)3-4-11(12)13(16)17/h3-4,9H,5-8H2,1-2H3,(H,16,17). The molecule has 5 heteroatoms. The lowest BCUT2D eigenvalue weighted by Gasteiger charge is -2.42. The van der Waals surface area contributed by atoms with Crippen LogP contribution in [0.3, 0.4) is 0 Å². The maximum Gasteiger partial charge on any atom is 0.337 e. The number of anilines is 1. The van der Waals surface area contributed by atoms with Gasteiger partial charge in [-0.1, -0.05) is 11.5 Å². The summed E-state index contributed by atoms with van der Waals surface area (Å²) in [6.07, 6.45) is 4.67. The molecule has 2 rings (SSSR count). The molecule has 1 fully saturated rings. The lowest BCUT2D eigenvalue weighted by atomic mass is 9.93. The van der Waals surface area contributed by atoms with Crippen molar-refractivity contribution >= 4 is 35.0 Å². The second-order valence-corrected chi connectivity index (χ2v) is 9.59. The molecule has 1 aromatic carbocycles. The van der Waals surface area contributed by atoms with Crippen molar-refractivity contribution in [3.8, 4) is 0 Å². The largest absolute Gasteiger partial charge is 0.478 e. The summed E-state index contributed by atoms with van der Waals surface area (Å²) in [5.41, 5.74) is 1.73. The van der Waals surface area contributed by atoms with Gasteiger partial charge in [-0.3, -0.25) is 0 Å². The van der Waals surface area contributed by atoms with Gasteiger partial charge in [0, 0.05) is 13.1 Å². The van der Waals surface area contributed by atoms with E-state index in [9.17, 15) is 9.90 Å². The highest BCUT2D eigenvalue weighted by atomic mass is 32.3. The van der Waals surface area contributed by atoms with Gasteiger partial charge in [0.2, 0.25) is 0 Å². The zero-order valence-corrected chi connectivity index (χ0v) is 11.7. The molecule has 0 bridgehead atoms. The monoisotopic (exact) mass is 263 g/mol. The van der Waals surface area contributed by atoms with E-state index in [0.29, 0.717) is 11.0 Å². The zero-order valence-electron chi connectivity index (χ0n) is 10.8. The summed E-state index contributed by atoms with van der Waals surface area (Å²) < 4.78 is 0. The van der Waals surface area contributed by atoms with E-state index >= 15 is 0 Å². The SMILES string of the molecule is [B]c1ccc(C(=O)O)c(N2CCS(C)(C)CC2)c1. The molecular weight excluding hydrogens is 245 g/mol. The van der Waals surface area contributed by atoms with E-state index in [1.807, 2.05) is 0 Å². The number of carboxylic acid groups (broad SMARTS) is 1. The highest BCUT2D eigenvalue weighted by Gasteiger charge is 2.24. The summed E-state index contributed by atoms with van der Waals surface area (Å²) in [6, 6.07) is 5.02. The van der Waals surface area contributed by atoms with E-state index < -0.39 is 16.0 Å². The Labute approximate surface area is 111 Å². The van der Waals surface area contributed by atoms with E-state index in [4.69, 9.17) is 7.85 Å². The van der Waals surface area contributed by atoms with E-state index in [2.05, 4.69) is 17.4 Å². The van der Waals surface area contributed by atoms with Crippen LogP contribution < -0.4 is 10.4 Å². The molecule has 1 heterocycles. The van der Waals surface area contributed by atoms with Crippen molar-refractivity contribution in [1.82, 2.24) is 0 Å². The van der Waals surface area contributed by atoms with Gasteiger partial charge in [0.1, 0.15) is 7.85 Å².